The molecule has 404 valence electrons. The molecule has 0 aliphatic carbocycles. The van der Waals surface area contributed by atoms with E-state index >= 15 is 0 Å². The zero-order chi connectivity index (χ0) is 56.4. The van der Waals surface area contributed by atoms with Gasteiger partial charge in [0.25, 0.3) is 0 Å². The molecule has 20 heteroatoms. The van der Waals surface area contributed by atoms with Crippen LogP contribution in [0.3, 0.4) is 0 Å². The number of anilines is 4. The van der Waals surface area contributed by atoms with E-state index in [1.807, 2.05) is 0 Å². The Morgan fingerprint density at radius 3 is 0.662 bits per heavy atom. The first-order valence-electron chi connectivity index (χ1n) is 23.0. The Morgan fingerprint density at radius 1 is 0.273 bits per heavy atom. The Labute approximate surface area is 434 Å². The van der Waals surface area contributed by atoms with Crippen LogP contribution >= 0.6 is 0 Å². The topological polar surface area (TPSA) is 141 Å². The molecule has 77 heavy (non-hydrogen) atoms. The zero-order valence-electron chi connectivity index (χ0n) is 40.7. The number of rotatable bonds is 12. The third-order valence-corrected chi connectivity index (χ3v) is 11.3. The molecular formula is C57H48F12N4O4. The average Bonchev–Trinajstić information content (AvgIpc) is 3.35. The van der Waals surface area contributed by atoms with E-state index in [1.165, 1.54) is 42.8 Å². The highest BCUT2D eigenvalue weighted by Crippen LogP contribution is 2.58. The number of hydrogen-bond donors (Lipinski definition) is 4. The monoisotopic (exact) mass is 1080 g/mol. The average molecular weight is 1080 g/mol. The Hall–Kier alpha value is -8.68. The van der Waals surface area contributed by atoms with E-state index in [-0.39, 0.29) is 34.5 Å². The number of benzene rings is 8. The molecule has 0 aromatic heterocycles. The van der Waals surface area contributed by atoms with Crippen LogP contribution in [-0.4, -0.2) is 24.7 Å². The first kappa shape index (κ1) is 57.6. The van der Waals surface area contributed by atoms with Gasteiger partial charge in [0.15, 0.2) is 0 Å². The van der Waals surface area contributed by atoms with Gasteiger partial charge in [0.1, 0.15) is 46.0 Å². The molecule has 8 nitrogen and oxygen atoms in total. The van der Waals surface area contributed by atoms with Crippen LogP contribution in [0.1, 0.15) is 42.5 Å². The largest absolute Gasteiger partial charge is 0.457 e. The number of halogens is 12. The summed E-state index contributed by atoms with van der Waals surface area (Å²) in [7, 11) is 0. The van der Waals surface area contributed by atoms with Crippen LogP contribution in [0.2, 0.25) is 0 Å². The van der Waals surface area contributed by atoms with E-state index in [4.69, 9.17) is 41.9 Å². The van der Waals surface area contributed by atoms with Crippen molar-refractivity contribution >= 4 is 22.7 Å². The molecule has 0 aliphatic rings. The molecule has 0 bridgehead atoms. The standard InChI is InChI=1S/2C27H20F6N2O2.C3H8/c28-26(29,30)25(27(31,32)33,17-1-9-21(10-2-17)36-23-13-5-19(34)6-14-23)18-3-11-22(12-4-18)37-24-15-7-20(35)8-16-24;28-26(29,30)25(27(31,32)33,17-7-11-21(12-8-17)36-23-5-1-3-19(34)15-23)18-9-13-22(14-10-18)37-24-6-2-4-20(35)16-24;1-3-2/h2*1-16H,34-35H2;3H2,1-2H3. The summed E-state index contributed by atoms with van der Waals surface area (Å²) in [6, 6.07) is 39.1. The SMILES string of the molecule is CCC.Nc1ccc(Oc2ccc(C(c3ccc(Oc4ccc(N)cc4)cc3)(C(F)(F)F)C(F)(F)F)cc2)cc1.Nc1cccc(Oc2ccc(C(c3ccc(Oc4cccc(N)c4)cc3)(C(F)(F)F)C(F)(F)F)cc2)c1. The van der Waals surface area contributed by atoms with Gasteiger partial charge in [0, 0.05) is 34.9 Å². The van der Waals surface area contributed by atoms with Crippen molar-refractivity contribution in [3.63, 3.8) is 0 Å². The van der Waals surface area contributed by atoms with E-state index < -0.39 is 57.8 Å². The van der Waals surface area contributed by atoms with Gasteiger partial charge >= 0.3 is 24.7 Å². The zero-order valence-corrected chi connectivity index (χ0v) is 40.7. The quantitative estimate of drug-likeness (QED) is 0.0700. The molecule has 0 spiro atoms. The van der Waals surface area contributed by atoms with Gasteiger partial charge in [0.05, 0.1) is 0 Å². The number of alkyl halides is 12. The smallest absolute Gasteiger partial charge is 0.411 e. The van der Waals surface area contributed by atoms with Gasteiger partial charge < -0.3 is 41.9 Å². The van der Waals surface area contributed by atoms with Gasteiger partial charge in [-0.1, -0.05) is 80.9 Å². The molecule has 8 aromatic carbocycles. The molecule has 0 aliphatic heterocycles. The Bertz CT molecular complexity index is 2930. The van der Waals surface area contributed by atoms with Crippen molar-refractivity contribution in [2.24, 2.45) is 0 Å². The highest BCUT2D eigenvalue weighted by atomic mass is 19.4. The van der Waals surface area contributed by atoms with Crippen LogP contribution < -0.4 is 41.9 Å². The van der Waals surface area contributed by atoms with E-state index in [0.717, 1.165) is 97.1 Å². The normalized spacial score (nSPS) is 12.0. The first-order chi connectivity index (χ1) is 36.2. The summed E-state index contributed by atoms with van der Waals surface area (Å²) in [5, 5.41) is 0. The molecule has 0 unspecified atom stereocenters. The minimum Gasteiger partial charge on any atom is -0.457 e. The van der Waals surface area contributed by atoms with E-state index in [0.29, 0.717) is 34.2 Å². The predicted molar refractivity (Wildman–Crippen MR) is 271 cm³/mol. The highest BCUT2D eigenvalue weighted by Gasteiger charge is 2.73. The van der Waals surface area contributed by atoms with Gasteiger partial charge in [0.2, 0.25) is 10.8 Å². The Morgan fingerprint density at radius 2 is 0.468 bits per heavy atom. The van der Waals surface area contributed by atoms with E-state index in [1.54, 1.807) is 60.7 Å². The summed E-state index contributed by atoms with van der Waals surface area (Å²) in [5.41, 5.74) is 11.6. The first-order valence-corrected chi connectivity index (χ1v) is 23.0. The van der Waals surface area contributed by atoms with Crippen LogP contribution in [0, 0.1) is 0 Å². The molecule has 0 saturated heterocycles. The minimum absolute atomic E-state index is 0.0403. The van der Waals surface area contributed by atoms with Gasteiger partial charge in [-0.2, -0.15) is 52.7 Å². The fourth-order valence-corrected chi connectivity index (χ4v) is 7.83. The number of nitrogen functional groups attached to an aromatic ring is 4. The van der Waals surface area contributed by atoms with E-state index in [9.17, 15) is 52.7 Å². The summed E-state index contributed by atoms with van der Waals surface area (Å²) < 4.78 is 195. The fraction of sp³-hybridized carbons (Fsp3) is 0.158. The van der Waals surface area contributed by atoms with Gasteiger partial charge in [-0.25, -0.2) is 0 Å². The maximum Gasteiger partial charge on any atom is 0.411 e. The maximum atomic E-state index is 14.4. The molecule has 0 amide bonds. The van der Waals surface area contributed by atoms with Crippen LogP contribution in [0.5, 0.6) is 46.0 Å². The molecule has 0 radical (unpaired) electrons. The number of hydrogen-bond acceptors (Lipinski definition) is 8. The molecule has 0 heterocycles. The van der Waals surface area contributed by atoms with Crippen LogP contribution in [0.4, 0.5) is 75.4 Å². The lowest BCUT2D eigenvalue weighted by molar-refractivity contribution is -0.290. The van der Waals surface area contributed by atoms with Crippen molar-refractivity contribution < 1.29 is 71.6 Å². The number of nitrogens with two attached hydrogens (primary N) is 4. The summed E-state index contributed by atoms with van der Waals surface area (Å²) in [6.07, 6.45) is -21.6. The van der Waals surface area contributed by atoms with Gasteiger partial charge in [-0.15, -0.1) is 0 Å². The molecule has 8 aromatic rings. The summed E-state index contributed by atoms with van der Waals surface area (Å²) in [5.74, 6) is 1.38. The predicted octanol–water partition coefficient (Wildman–Crippen LogP) is 17.1. The maximum absolute atomic E-state index is 14.4. The van der Waals surface area contributed by atoms with Crippen molar-refractivity contribution in [2.75, 3.05) is 22.9 Å². The fourth-order valence-electron chi connectivity index (χ4n) is 7.83. The Kier molecular flexibility index (Phi) is 17.6. The molecule has 8 N–H and O–H groups in total. The molecule has 8 rings (SSSR count). The van der Waals surface area contributed by atoms with Gasteiger partial charge in [-0.3, -0.25) is 0 Å². The van der Waals surface area contributed by atoms with Crippen molar-refractivity contribution in [1.82, 2.24) is 0 Å². The minimum atomic E-state index is -5.72. The summed E-state index contributed by atoms with van der Waals surface area (Å²) in [6.45, 7) is 4.25. The second kappa shape index (κ2) is 23.5. The lowest BCUT2D eigenvalue weighted by atomic mass is 9.73. The summed E-state index contributed by atoms with van der Waals surface area (Å²) in [4.78, 5) is 0. The molecule has 0 saturated carbocycles. The lowest BCUT2D eigenvalue weighted by Gasteiger charge is -2.38. The van der Waals surface area contributed by atoms with Crippen LogP contribution in [0.15, 0.2) is 194 Å². The lowest BCUT2D eigenvalue weighted by Crippen LogP contribution is -2.54. The van der Waals surface area contributed by atoms with Crippen molar-refractivity contribution in [3.05, 3.63) is 216 Å². The molecular weight excluding hydrogens is 1030 g/mol. The second-order valence-electron chi connectivity index (χ2n) is 17.0. The second-order valence-corrected chi connectivity index (χ2v) is 17.0. The third kappa shape index (κ3) is 13.2. The van der Waals surface area contributed by atoms with Gasteiger partial charge in [-0.05, 0) is 144 Å². The van der Waals surface area contributed by atoms with E-state index in [2.05, 4.69) is 13.8 Å². The molecule has 0 atom stereocenters. The number of ether oxygens (including phenoxy) is 4. The third-order valence-electron chi connectivity index (χ3n) is 11.3. The van der Waals surface area contributed by atoms with Crippen molar-refractivity contribution in [1.29, 1.82) is 0 Å². The molecule has 0 fully saturated rings. The van der Waals surface area contributed by atoms with Crippen LogP contribution in [0.25, 0.3) is 0 Å². The van der Waals surface area contributed by atoms with Crippen molar-refractivity contribution in [2.45, 2.75) is 55.8 Å². The Balaban J connectivity index is 0.000000237. The van der Waals surface area contributed by atoms with Crippen LogP contribution in [-0.2, 0) is 10.8 Å². The summed E-state index contributed by atoms with van der Waals surface area (Å²) >= 11 is 0. The highest BCUT2D eigenvalue weighted by molar-refractivity contribution is 5.52. The van der Waals surface area contributed by atoms with Crippen molar-refractivity contribution in [3.8, 4) is 46.0 Å².